The Morgan fingerprint density at radius 3 is 1.64 bits per heavy atom. The third-order valence-electron chi connectivity index (χ3n) is 23.8. The smallest absolute Gasteiger partial charge is 0.214 e. The highest BCUT2D eigenvalue weighted by Crippen LogP contribution is 2.40. The van der Waals surface area contributed by atoms with Crippen LogP contribution in [-0.4, -0.2) is 73.5 Å². The van der Waals surface area contributed by atoms with E-state index in [1.807, 2.05) is 49.6 Å². The average molecular weight is 1470 g/mol. The van der Waals surface area contributed by atoms with Gasteiger partial charge in [-0.25, -0.2) is 15.0 Å². The molecular weight excluding hydrogens is 1380 g/mol. The van der Waals surface area contributed by atoms with Crippen molar-refractivity contribution in [1.29, 1.82) is 0 Å². The summed E-state index contributed by atoms with van der Waals surface area (Å²) in [5.41, 5.74) is 40.4. The summed E-state index contributed by atoms with van der Waals surface area (Å²) >= 11 is 0. The standard InChI is InChI=1S/2C13H13N.4C12H12N2.2C11H11N3/c1-9-7-11-8-10-5-3-4-6-12(10)13(11)14(9)2;1-9-7-12-11-6-4-3-5-10(11)8-13(12)14(9)2;1-9-7-10-11-5-3-4-6-14(11)8-12(10)13(9)2;1-9-7-10-8-14-6-4-3-5-11(14)12(10)13(9)2;1-9-7-12-11(13(9)2)8-10-5-3-4-6-14(10)12;1-8-13-12-10-6-4-3-5-9(10)7-11(12)14(8)2;1-8-7-9-11(13(8)2)14-6-4-3-5-10(14)12-9;1-8-7-14-10-6-4-3-5-9(10)12-11(14)13(8)2/h2*3-7H,8H2,1-2H3;3*3-8H,1-2H3;3-6H,7H2,1-2H3;2*3-7H,1-2H3. The Balaban J connectivity index is 0.0000000929. The zero-order chi connectivity index (χ0) is 77.7. The predicted molar refractivity (Wildman–Crippen MR) is 462 cm³/mol. The number of benzene rings is 4. The van der Waals surface area contributed by atoms with Crippen LogP contribution in [0.4, 0.5) is 0 Å². The van der Waals surface area contributed by atoms with Crippen LogP contribution in [0.15, 0.2) is 256 Å². The van der Waals surface area contributed by atoms with Crippen molar-refractivity contribution in [2.75, 3.05) is 0 Å². The number of aryl methyl sites for hydroxylation is 13. The number of hydrogen-bond acceptors (Lipinski definition) is 3. The number of hydrogen-bond donors (Lipinski definition) is 0. The second-order valence-corrected chi connectivity index (χ2v) is 30.4. The third kappa shape index (κ3) is 12.5. The van der Waals surface area contributed by atoms with Crippen molar-refractivity contribution < 1.29 is 0 Å². The van der Waals surface area contributed by atoms with Crippen LogP contribution in [0.1, 0.15) is 79.3 Å². The Kier molecular flexibility index (Phi) is 18.3. The van der Waals surface area contributed by atoms with Gasteiger partial charge in [-0.15, -0.1) is 0 Å². The van der Waals surface area contributed by atoms with Crippen LogP contribution in [-0.2, 0) is 75.6 Å². The Labute approximate surface area is 652 Å². The lowest BCUT2D eigenvalue weighted by molar-refractivity contribution is 0.810. The van der Waals surface area contributed by atoms with E-state index in [-0.39, 0.29) is 0 Å². The van der Waals surface area contributed by atoms with Crippen molar-refractivity contribution in [3.63, 3.8) is 0 Å². The summed E-state index contributed by atoms with van der Waals surface area (Å²) in [5.74, 6) is 2.10. The van der Waals surface area contributed by atoms with Gasteiger partial charge in [0, 0.05) is 203 Å². The van der Waals surface area contributed by atoms with E-state index < -0.39 is 0 Å². The minimum atomic E-state index is 1.00. The molecule has 17 heterocycles. The summed E-state index contributed by atoms with van der Waals surface area (Å²) < 4.78 is 28.5. The number of fused-ring (bicyclic) bond motifs is 24. The highest BCUT2D eigenvalue weighted by Gasteiger charge is 2.25. The maximum Gasteiger partial charge on any atom is 0.214 e. The Bertz CT molecular complexity index is 6650. The minimum Gasteiger partial charge on any atom is -0.351 e. The Hall–Kier alpha value is -13.2. The number of aromatic nitrogens is 16. The van der Waals surface area contributed by atoms with Gasteiger partial charge in [-0.3, -0.25) is 8.80 Å². The maximum atomic E-state index is 4.60. The molecule has 0 bridgehead atoms. The van der Waals surface area contributed by atoms with Gasteiger partial charge in [0.15, 0.2) is 0 Å². The second kappa shape index (κ2) is 28.7. The van der Waals surface area contributed by atoms with E-state index in [1.54, 1.807) is 0 Å². The molecule has 0 amide bonds. The summed E-state index contributed by atoms with van der Waals surface area (Å²) in [7, 11) is 16.8. The van der Waals surface area contributed by atoms with E-state index in [0.29, 0.717) is 0 Å². The molecule has 0 spiro atoms. The van der Waals surface area contributed by atoms with Crippen LogP contribution in [0, 0.1) is 55.4 Å². The first-order chi connectivity index (χ1) is 54.2. The minimum absolute atomic E-state index is 1.00. The van der Waals surface area contributed by atoms with Crippen molar-refractivity contribution in [3.8, 4) is 33.6 Å². The quantitative estimate of drug-likeness (QED) is 0.151. The average Bonchev–Trinajstić information content (AvgIpc) is 1.63. The van der Waals surface area contributed by atoms with E-state index in [1.165, 1.54) is 162 Å². The Morgan fingerprint density at radius 2 is 0.875 bits per heavy atom. The van der Waals surface area contributed by atoms with Crippen LogP contribution in [0.3, 0.4) is 0 Å². The summed E-state index contributed by atoms with van der Waals surface area (Å²) in [6.45, 7) is 17.0. The zero-order valence-corrected chi connectivity index (χ0v) is 67.0. The third-order valence-corrected chi connectivity index (χ3v) is 23.8. The molecule has 16 nitrogen and oxygen atoms in total. The predicted octanol–water partition coefficient (Wildman–Crippen LogP) is 20.6. The molecule has 0 aliphatic heterocycles. The molecule has 0 unspecified atom stereocenters. The normalized spacial score (nSPS) is 12.0. The van der Waals surface area contributed by atoms with Gasteiger partial charge < -0.3 is 49.7 Å². The van der Waals surface area contributed by atoms with Gasteiger partial charge in [0.25, 0.3) is 0 Å². The second-order valence-electron chi connectivity index (χ2n) is 30.4. The molecule has 0 saturated carbocycles. The fourth-order valence-electron chi connectivity index (χ4n) is 16.8. The largest absolute Gasteiger partial charge is 0.351 e. The van der Waals surface area contributed by atoms with Crippen molar-refractivity contribution in [2.24, 2.45) is 56.4 Å². The van der Waals surface area contributed by atoms with Gasteiger partial charge in [-0.1, -0.05) is 109 Å². The first-order valence-corrected chi connectivity index (χ1v) is 38.6. The van der Waals surface area contributed by atoms with E-state index in [4.69, 9.17) is 0 Å². The number of imidazole rings is 4. The summed E-state index contributed by atoms with van der Waals surface area (Å²) in [5, 5.41) is 2.65. The van der Waals surface area contributed by atoms with Crippen LogP contribution in [0.2, 0.25) is 0 Å². The lowest BCUT2D eigenvalue weighted by Crippen LogP contribution is -1.97. The molecule has 17 aromatic heterocycles. The van der Waals surface area contributed by atoms with Crippen molar-refractivity contribution in [3.05, 3.63) is 335 Å². The lowest BCUT2D eigenvalue weighted by Gasteiger charge is -2.04. The van der Waals surface area contributed by atoms with Gasteiger partial charge >= 0.3 is 0 Å². The maximum absolute atomic E-state index is 4.60. The molecule has 0 fully saturated rings. The van der Waals surface area contributed by atoms with Gasteiger partial charge in [0.1, 0.15) is 22.6 Å². The molecule has 3 aliphatic rings. The van der Waals surface area contributed by atoms with Gasteiger partial charge in [-0.05, 0) is 186 Å². The fourth-order valence-corrected chi connectivity index (χ4v) is 16.8. The molecule has 0 saturated heterocycles. The van der Waals surface area contributed by atoms with Crippen LogP contribution >= 0.6 is 0 Å². The van der Waals surface area contributed by atoms with Gasteiger partial charge in [-0.2, -0.15) is 0 Å². The molecular formula is C96H96N16. The molecule has 112 heavy (non-hydrogen) atoms. The molecule has 560 valence electrons. The first kappa shape index (κ1) is 71.7. The Morgan fingerprint density at radius 1 is 0.304 bits per heavy atom. The molecule has 24 rings (SSSR count). The SMILES string of the molecule is Cc1cc2c(cc3ccccn32)n1C.Cc1cc2c(cn3ccccc23)n1C.Cc1cc2c(n1C)-c1ccccc1C2.Cc1cc2c(n1C)Cc1ccccc1-2.Cc1cc2cn3ccccc3c2n1C.Cc1cc2nc3ccccn3c2n1C.Cc1cn2c3ccccc3nc2n1C.Cc1nc2c(n1C)Cc1ccccc1-2. The number of rotatable bonds is 0. The van der Waals surface area contributed by atoms with E-state index in [9.17, 15) is 0 Å². The van der Waals surface area contributed by atoms with Gasteiger partial charge in [0.2, 0.25) is 5.78 Å². The van der Waals surface area contributed by atoms with Crippen LogP contribution in [0.5, 0.6) is 0 Å². The summed E-state index contributed by atoms with van der Waals surface area (Å²) in [6.07, 6.45) is 18.0. The summed E-state index contributed by atoms with van der Waals surface area (Å²) in [6, 6.07) is 74.6. The molecule has 3 aliphatic carbocycles. The van der Waals surface area contributed by atoms with Crippen molar-refractivity contribution in [1.82, 2.24) is 73.5 Å². The van der Waals surface area contributed by atoms with Gasteiger partial charge in [0.05, 0.1) is 55.5 Å². The number of para-hydroxylation sites is 2. The zero-order valence-electron chi connectivity index (χ0n) is 67.0. The molecule has 16 heteroatoms. The van der Waals surface area contributed by atoms with Crippen LogP contribution in [0.25, 0.3) is 117 Å². The summed E-state index contributed by atoms with van der Waals surface area (Å²) in [4.78, 5) is 13.7. The highest BCUT2D eigenvalue weighted by molar-refractivity contribution is 5.97. The van der Waals surface area contributed by atoms with Crippen LogP contribution < -0.4 is 0 Å². The van der Waals surface area contributed by atoms with E-state index in [2.05, 4.69) is 391 Å². The molecule has 21 aromatic rings. The van der Waals surface area contributed by atoms with Crippen molar-refractivity contribution >= 4 is 83.0 Å². The van der Waals surface area contributed by atoms with E-state index >= 15 is 0 Å². The lowest BCUT2D eigenvalue weighted by atomic mass is 10.1. The molecule has 0 atom stereocenters. The highest BCUT2D eigenvalue weighted by atomic mass is 15.2. The molecule has 0 radical (unpaired) electrons. The number of nitrogens with zero attached hydrogens (tertiary/aromatic N) is 16. The topological polar surface area (TPSA) is 100 Å². The number of pyridine rings is 4. The molecule has 0 N–H and O–H groups in total. The van der Waals surface area contributed by atoms with E-state index in [0.717, 1.165) is 53.2 Å². The van der Waals surface area contributed by atoms with Crippen molar-refractivity contribution in [2.45, 2.75) is 74.7 Å². The monoisotopic (exact) mass is 1470 g/mol. The first-order valence-electron chi connectivity index (χ1n) is 38.6. The molecule has 4 aromatic carbocycles. The fraction of sp³-hybridized carbons (Fsp3) is 0.198.